The lowest BCUT2D eigenvalue weighted by Gasteiger charge is -2.19. The largest absolute Gasteiger partial charge is 0.495 e. The molecule has 8 heteroatoms. The number of anilines is 1. The highest BCUT2D eigenvalue weighted by molar-refractivity contribution is 7.91. The number of carbonyl (C=O) groups excluding carboxylic acids is 2. The summed E-state index contributed by atoms with van der Waals surface area (Å²) in [6, 6.07) is 6.57. The van der Waals surface area contributed by atoms with Gasteiger partial charge < -0.3 is 15.4 Å². The minimum atomic E-state index is -3.08. The van der Waals surface area contributed by atoms with Crippen molar-refractivity contribution in [2.75, 3.05) is 23.9 Å². The van der Waals surface area contributed by atoms with E-state index in [9.17, 15) is 18.0 Å². The van der Waals surface area contributed by atoms with Gasteiger partial charge >= 0.3 is 0 Å². The maximum Gasteiger partial charge on any atom is 0.240 e. The second-order valence-electron chi connectivity index (χ2n) is 6.31. The number of amides is 2. The Morgan fingerprint density at radius 2 is 1.92 bits per heavy atom. The Kier molecular flexibility index (Phi) is 4.25. The summed E-state index contributed by atoms with van der Waals surface area (Å²) >= 11 is 0. The number of ether oxygens (including phenoxy) is 1. The van der Waals surface area contributed by atoms with Gasteiger partial charge in [0.25, 0.3) is 0 Å². The zero-order valence-corrected chi connectivity index (χ0v) is 14.2. The monoisotopic (exact) mass is 352 g/mol. The van der Waals surface area contributed by atoms with Crippen molar-refractivity contribution in [3.05, 3.63) is 24.3 Å². The van der Waals surface area contributed by atoms with Crippen LogP contribution in [0.25, 0.3) is 0 Å². The molecule has 2 aliphatic rings. The van der Waals surface area contributed by atoms with Crippen LogP contribution in [0, 0.1) is 5.41 Å². The maximum absolute atomic E-state index is 12.6. The third kappa shape index (κ3) is 3.24. The van der Waals surface area contributed by atoms with E-state index >= 15 is 0 Å². The number of hydrogen-bond donors (Lipinski definition) is 2. The third-order valence-electron chi connectivity index (χ3n) is 4.54. The SMILES string of the molecule is COc1ccccc1NC(=O)C1(C(=O)NC2CCS(=O)(=O)C2)CC1. The van der Waals surface area contributed by atoms with Gasteiger partial charge in [0.05, 0.1) is 24.3 Å². The van der Waals surface area contributed by atoms with Crippen LogP contribution in [-0.2, 0) is 19.4 Å². The first-order chi connectivity index (χ1) is 11.4. The second kappa shape index (κ2) is 6.08. The minimum Gasteiger partial charge on any atom is -0.495 e. The van der Waals surface area contributed by atoms with E-state index in [1.54, 1.807) is 24.3 Å². The number of carbonyl (C=O) groups is 2. The molecule has 1 heterocycles. The van der Waals surface area contributed by atoms with Crippen molar-refractivity contribution < 1.29 is 22.7 Å². The molecular weight excluding hydrogens is 332 g/mol. The Balaban J connectivity index is 1.67. The van der Waals surface area contributed by atoms with Crippen molar-refractivity contribution in [1.82, 2.24) is 5.32 Å². The topological polar surface area (TPSA) is 102 Å². The van der Waals surface area contributed by atoms with Crippen molar-refractivity contribution in [1.29, 1.82) is 0 Å². The maximum atomic E-state index is 12.6. The molecule has 1 aliphatic carbocycles. The van der Waals surface area contributed by atoms with Crippen LogP contribution in [0.1, 0.15) is 19.3 Å². The molecule has 1 unspecified atom stereocenters. The van der Waals surface area contributed by atoms with Crippen LogP contribution in [0.5, 0.6) is 5.75 Å². The number of rotatable bonds is 5. The minimum absolute atomic E-state index is 0.0526. The molecule has 1 aromatic rings. The molecule has 0 spiro atoms. The van der Waals surface area contributed by atoms with E-state index in [0.29, 0.717) is 30.7 Å². The molecule has 1 aromatic carbocycles. The van der Waals surface area contributed by atoms with E-state index < -0.39 is 27.2 Å². The molecule has 2 fully saturated rings. The Hall–Kier alpha value is -2.09. The van der Waals surface area contributed by atoms with Gasteiger partial charge in [-0.3, -0.25) is 9.59 Å². The summed E-state index contributed by atoms with van der Waals surface area (Å²) in [7, 11) is -1.57. The molecule has 2 amide bonds. The predicted molar refractivity (Wildman–Crippen MR) is 88.5 cm³/mol. The van der Waals surface area contributed by atoms with Crippen molar-refractivity contribution in [2.45, 2.75) is 25.3 Å². The zero-order chi connectivity index (χ0) is 17.4. The van der Waals surface area contributed by atoms with Crippen molar-refractivity contribution >= 4 is 27.3 Å². The van der Waals surface area contributed by atoms with E-state index in [4.69, 9.17) is 4.74 Å². The van der Waals surface area contributed by atoms with Crippen LogP contribution in [-0.4, -0.2) is 44.9 Å². The van der Waals surface area contributed by atoms with Crippen molar-refractivity contribution in [3.63, 3.8) is 0 Å². The molecule has 130 valence electrons. The summed E-state index contributed by atoms with van der Waals surface area (Å²) in [4.78, 5) is 25.0. The normalized spacial score (nSPS) is 23.3. The molecule has 3 rings (SSSR count). The molecule has 1 saturated carbocycles. The molecule has 0 aromatic heterocycles. The Labute approximate surface area is 140 Å². The van der Waals surface area contributed by atoms with Gasteiger partial charge in [-0.2, -0.15) is 0 Å². The fraction of sp³-hybridized carbons (Fsp3) is 0.500. The summed E-state index contributed by atoms with van der Waals surface area (Å²) in [5.74, 6) is -0.229. The average Bonchev–Trinajstić information content (AvgIpc) is 3.28. The van der Waals surface area contributed by atoms with Gasteiger partial charge in [0.1, 0.15) is 11.2 Å². The number of para-hydroxylation sites is 2. The number of methoxy groups -OCH3 is 1. The van der Waals surface area contributed by atoms with Gasteiger partial charge in [0.2, 0.25) is 11.8 Å². The Morgan fingerprint density at radius 1 is 1.21 bits per heavy atom. The van der Waals surface area contributed by atoms with Crippen LogP contribution in [0.15, 0.2) is 24.3 Å². The summed E-state index contributed by atoms with van der Waals surface area (Å²) in [6.07, 6.45) is 1.32. The Bertz CT molecular complexity index is 770. The number of nitrogens with one attached hydrogen (secondary N) is 2. The van der Waals surface area contributed by atoms with E-state index in [-0.39, 0.29) is 17.4 Å². The van der Waals surface area contributed by atoms with E-state index in [1.807, 2.05) is 0 Å². The smallest absolute Gasteiger partial charge is 0.240 e. The molecule has 0 bridgehead atoms. The molecular formula is C16H20N2O5S. The van der Waals surface area contributed by atoms with Crippen LogP contribution in [0.3, 0.4) is 0 Å². The van der Waals surface area contributed by atoms with Crippen LogP contribution in [0.4, 0.5) is 5.69 Å². The summed E-state index contributed by atoms with van der Waals surface area (Å²) in [6.45, 7) is 0. The van der Waals surface area contributed by atoms with Gasteiger partial charge in [0.15, 0.2) is 9.84 Å². The lowest BCUT2D eigenvalue weighted by atomic mass is 10.0. The molecule has 0 radical (unpaired) electrons. The van der Waals surface area contributed by atoms with E-state index in [0.717, 1.165) is 0 Å². The molecule has 1 saturated heterocycles. The summed E-state index contributed by atoms with van der Waals surface area (Å²) in [5.41, 5.74) is -0.597. The predicted octanol–water partition coefficient (Wildman–Crippen LogP) is 0.717. The third-order valence-corrected chi connectivity index (χ3v) is 6.31. The molecule has 2 N–H and O–H groups in total. The Morgan fingerprint density at radius 3 is 2.50 bits per heavy atom. The van der Waals surface area contributed by atoms with E-state index in [2.05, 4.69) is 10.6 Å². The van der Waals surface area contributed by atoms with Crippen molar-refractivity contribution in [3.8, 4) is 5.75 Å². The van der Waals surface area contributed by atoms with Gasteiger partial charge in [-0.05, 0) is 31.4 Å². The van der Waals surface area contributed by atoms with Crippen LogP contribution in [0.2, 0.25) is 0 Å². The van der Waals surface area contributed by atoms with Gasteiger partial charge in [-0.15, -0.1) is 0 Å². The quantitative estimate of drug-likeness (QED) is 0.760. The summed E-state index contributed by atoms with van der Waals surface area (Å²) in [5, 5.41) is 5.47. The van der Waals surface area contributed by atoms with Crippen molar-refractivity contribution in [2.24, 2.45) is 5.41 Å². The molecule has 7 nitrogen and oxygen atoms in total. The highest BCUT2D eigenvalue weighted by atomic mass is 32.2. The fourth-order valence-electron chi connectivity index (χ4n) is 2.90. The first kappa shape index (κ1) is 16.8. The van der Waals surface area contributed by atoms with Crippen LogP contribution < -0.4 is 15.4 Å². The molecule has 1 atom stereocenters. The standard InChI is InChI=1S/C16H20N2O5S/c1-23-13-5-3-2-4-12(13)18-15(20)16(7-8-16)14(19)17-11-6-9-24(21,22)10-11/h2-5,11H,6-10H2,1H3,(H,17,19)(H,18,20). The number of benzene rings is 1. The number of sulfone groups is 1. The highest BCUT2D eigenvalue weighted by Crippen LogP contribution is 2.47. The lowest BCUT2D eigenvalue weighted by Crippen LogP contribution is -2.45. The average molecular weight is 352 g/mol. The zero-order valence-electron chi connectivity index (χ0n) is 13.4. The fourth-order valence-corrected chi connectivity index (χ4v) is 4.58. The lowest BCUT2D eigenvalue weighted by molar-refractivity contribution is -0.134. The highest BCUT2D eigenvalue weighted by Gasteiger charge is 2.57. The van der Waals surface area contributed by atoms with E-state index in [1.165, 1.54) is 7.11 Å². The van der Waals surface area contributed by atoms with Gasteiger partial charge in [0, 0.05) is 6.04 Å². The first-order valence-corrected chi connectivity index (χ1v) is 9.64. The second-order valence-corrected chi connectivity index (χ2v) is 8.54. The molecule has 1 aliphatic heterocycles. The van der Waals surface area contributed by atoms with Gasteiger partial charge in [-0.1, -0.05) is 12.1 Å². The molecule has 24 heavy (non-hydrogen) atoms. The number of hydrogen-bond acceptors (Lipinski definition) is 5. The van der Waals surface area contributed by atoms with Gasteiger partial charge in [-0.25, -0.2) is 8.42 Å². The first-order valence-electron chi connectivity index (χ1n) is 7.82. The summed E-state index contributed by atoms with van der Waals surface area (Å²) < 4.78 is 28.2. The van der Waals surface area contributed by atoms with Crippen LogP contribution >= 0.6 is 0 Å².